The molecule has 8 nitrogen and oxygen atoms in total. The Kier molecular flexibility index (Phi) is 8.57. The maximum atomic E-state index is 10.6. The largest absolute Gasteiger partial charge is 0.490 e. The first kappa shape index (κ1) is 28.1. The fourth-order valence-electron chi connectivity index (χ4n) is 4.29. The molecular formula is C26H21Cl2F3N6O2. The zero-order valence-electron chi connectivity index (χ0n) is 20.2. The molecule has 1 unspecified atom stereocenters. The summed E-state index contributed by atoms with van der Waals surface area (Å²) in [6, 6.07) is 13.3. The highest BCUT2D eigenvalue weighted by Gasteiger charge is 2.38. The van der Waals surface area contributed by atoms with Gasteiger partial charge in [0.2, 0.25) is 5.95 Å². The van der Waals surface area contributed by atoms with Crippen molar-refractivity contribution in [2.45, 2.75) is 25.4 Å². The van der Waals surface area contributed by atoms with Crippen LogP contribution in [-0.4, -0.2) is 49.7 Å². The first-order chi connectivity index (χ1) is 18.5. The molecule has 3 aromatic heterocycles. The maximum absolute atomic E-state index is 10.6. The van der Waals surface area contributed by atoms with Crippen molar-refractivity contribution in [3.8, 4) is 17.3 Å². The number of anilines is 1. The number of carboxylic acid groups (broad SMARTS) is 1. The van der Waals surface area contributed by atoms with Crippen LogP contribution in [0.3, 0.4) is 0 Å². The molecule has 0 bridgehead atoms. The van der Waals surface area contributed by atoms with Crippen LogP contribution in [0.2, 0.25) is 10.0 Å². The molecule has 39 heavy (non-hydrogen) atoms. The molecule has 1 aliphatic heterocycles. The number of aliphatic carboxylic acids is 1. The molecule has 5 rings (SSSR count). The third kappa shape index (κ3) is 6.96. The van der Waals surface area contributed by atoms with Gasteiger partial charge >= 0.3 is 12.1 Å². The number of imidazole rings is 1. The number of nitriles is 1. The summed E-state index contributed by atoms with van der Waals surface area (Å²) < 4.78 is 33.8. The van der Waals surface area contributed by atoms with Gasteiger partial charge in [0.15, 0.2) is 0 Å². The molecule has 1 aromatic carbocycles. The molecule has 1 aliphatic rings. The minimum absolute atomic E-state index is 0.451. The predicted octanol–water partition coefficient (Wildman–Crippen LogP) is 6.06. The van der Waals surface area contributed by atoms with Crippen LogP contribution in [0.15, 0.2) is 55.0 Å². The van der Waals surface area contributed by atoms with Gasteiger partial charge in [0, 0.05) is 54.0 Å². The Hall–Kier alpha value is -3.88. The normalized spacial score (nSPS) is 15.4. The molecule has 1 saturated heterocycles. The van der Waals surface area contributed by atoms with E-state index in [1.807, 2.05) is 40.9 Å². The lowest BCUT2D eigenvalue weighted by atomic mass is 9.93. The molecule has 0 radical (unpaired) electrons. The Morgan fingerprint density at radius 2 is 1.95 bits per heavy atom. The van der Waals surface area contributed by atoms with Crippen molar-refractivity contribution < 1.29 is 23.1 Å². The van der Waals surface area contributed by atoms with Gasteiger partial charge in [0.05, 0.1) is 16.3 Å². The number of benzene rings is 1. The van der Waals surface area contributed by atoms with Crippen LogP contribution in [0.1, 0.15) is 24.1 Å². The molecule has 1 N–H and O–H groups in total. The second-order valence-electron chi connectivity index (χ2n) is 8.83. The molecule has 202 valence electrons. The van der Waals surface area contributed by atoms with Crippen LogP contribution < -0.4 is 4.90 Å². The van der Waals surface area contributed by atoms with Gasteiger partial charge in [-0.2, -0.15) is 18.4 Å². The smallest absolute Gasteiger partial charge is 0.475 e. The van der Waals surface area contributed by atoms with Crippen molar-refractivity contribution in [1.29, 1.82) is 5.26 Å². The lowest BCUT2D eigenvalue weighted by molar-refractivity contribution is -0.192. The molecule has 4 heterocycles. The van der Waals surface area contributed by atoms with Gasteiger partial charge in [-0.1, -0.05) is 23.2 Å². The minimum Gasteiger partial charge on any atom is -0.475 e. The van der Waals surface area contributed by atoms with Gasteiger partial charge in [-0.25, -0.2) is 14.8 Å². The first-order valence-electron chi connectivity index (χ1n) is 11.7. The summed E-state index contributed by atoms with van der Waals surface area (Å²) in [5, 5.41) is 17.3. The monoisotopic (exact) mass is 576 g/mol. The molecule has 4 aromatic rings. The van der Waals surface area contributed by atoms with Gasteiger partial charge in [-0.15, -0.1) is 0 Å². The summed E-state index contributed by atoms with van der Waals surface area (Å²) in [4.78, 5) is 25.2. The Bertz CT molecular complexity index is 1520. The van der Waals surface area contributed by atoms with Crippen molar-refractivity contribution in [3.63, 3.8) is 0 Å². The zero-order chi connectivity index (χ0) is 28.2. The van der Waals surface area contributed by atoms with Gasteiger partial charge in [0.1, 0.15) is 11.7 Å². The lowest BCUT2D eigenvalue weighted by Crippen LogP contribution is -2.38. The van der Waals surface area contributed by atoms with E-state index in [0.29, 0.717) is 21.5 Å². The van der Waals surface area contributed by atoms with E-state index in [-0.39, 0.29) is 0 Å². The number of pyridine rings is 1. The van der Waals surface area contributed by atoms with Crippen LogP contribution in [0.25, 0.3) is 16.9 Å². The predicted molar refractivity (Wildman–Crippen MR) is 140 cm³/mol. The van der Waals surface area contributed by atoms with Crippen molar-refractivity contribution in [1.82, 2.24) is 19.4 Å². The highest BCUT2D eigenvalue weighted by Crippen LogP contribution is 2.32. The molecule has 1 atom stereocenters. The maximum Gasteiger partial charge on any atom is 0.490 e. The molecule has 1 fully saturated rings. The van der Waals surface area contributed by atoms with Crippen LogP contribution in [0.4, 0.5) is 19.1 Å². The number of fused-ring (bicyclic) bond motifs is 1. The number of aromatic nitrogens is 4. The van der Waals surface area contributed by atoms with E-state index in [2.05, 4.69) is 20.9 Å². The fraction of sp³-hybridized carbons (Fsp3) is 0.269. The molecule has 0 saturated carbocycles. The summed E-state index contributed by atoms with van der Waals surface area (Å²) in [5.41, 5.74) is 4.03. The van der Waals surface area contributed by atoms with E-state index in [1.54, 1.807) is 18.5 Å². The fourth-order valence-corrected chi connectivity index (χ4v) is 4.79. The Morgan fingerprint density at radius 1 is 1.18 bits per heavy atom. The Balaban J connectivity index is 0.000000448. The number of alkyl halides is 3. The second kappa shape index (κ2) is 11.9. The molecule has 0 amide bonds. The highest BCUT2D eigenvalue weighted by atomic mass is 35.5. The minimum atomic E-state index is -5.08. The SMILES string of the molecule is N#Cc1ccc(CC2CCCN(c3nc(-c4ccc(Cl)cc4Cl)cc4nccn34)C2)nc1.O=C(O)C(F)(F)F. The number of carboxylic acids is 1. The number of carbonyl (C=O) groups is 1. The van der Waals surface area contributed by atoms with Crippen LogP contribution in [0.5, 0.6) is 0 Å². The zero-order valence-corrected chi connectivity index (χ0v) is 21.7. The standard InChI is InChI=1S/C24H20Cl2N6.C2HF3O2/c25-18-4-6-20(21(26)11-18)22-12-23-28-7-9-32(23)24(30-22)31-8-1-2-16(15-31)10-19-5-3-17(13-27)14-29-19;3-2(4,5)1(6)7/h3-7,9,11-12,14,16H,1-2,8,10,15H2;(H,6,7). The number of hydrogen-bond donors (Lipinski definition) is 1. The summed E-state index contributed by atoms with van der Waals surface area (Å²) >= 11 is 12.6. The first-order valence-corrected chi connectivity index (χ1v) is 12.5. The van der Waals surface area contributed by atoms with E-state index in [4.69, 9.17) is 43.3 Å². The third-order valence-corrected chi connectivity index (χ3v) is 6.62. The summed E-state index contributed by atoms with van der Waals surface area (Å²) in [6.45, 7) is 1.80. The summed E-state index contributed by atoms with van der Waals surface area (Å²) in [7, 11) is 0. The number of nitrogens with zero attached hydrogens (tertiary/aromatic N) is 6. The van der Waals surface area contributed by atoms with Crippen molar-refractivity contribution in [2.24, 2.45) is 5.92 Å². The number of rotatable bonds is 4. The highest BCUT2D eigenvalue weighted by molar-refractivity contribution is 6.36. The average Bonchev–Trinajstić information content (AvgIpc) is 3.37. The Morgan fingerprint density at radius 3 is 2.59 bits per heavy atom. The quantitative estimate of drug-likeness (QED) is 0.314. The molecule has 0 aliphatic carbocycles. The van der Waals surface area contributed by atoms with E-state index < -0.39 is 12.1 Å². The average molecular weight is 577 g/mol. The van der Waals surface area contributed by atoms with Crippen molar-refractivity contribution in [3.05, 3.63) is 76.3 Å². The number of hydrogen-bond acceptors (Lipinski definition) is 6. The van der Waals surface area contributed by atoms with Crippen molar-refractivity contribution >= 4 is 40.8 Å². The van der Waals surface area contributed by atoms with E-state index in [9.17, 15) is 13.2 Å². The van der Waals surface area contributed by atoms with E-state index >= 15 is 0 Å². The summed E-state index contributed by atoms with van der Waals surface area (Å²) in [6.07, 6.45) is 3.37. The Labute approximate surface area is 231 Å². The second-order valence-corrected chi connectivity index (χ2v) is 9.68. The number of piperidine rings is 1. The van der Waals surface area contributed by atoms with Crippen LogP contribution in [-0.2, 0) is 11.2 Å². The van der Waals surface area contributed by atoms with Gasteiger partial charge in [-0.05, 0) is 55.5 Å². The molecular weight excluding hydrogens is 556 g/mol. The molecule has 13 heteroatoms. The van der Waals surface area contributed by atoms with E-state index in [0.717, 1.165) is 60.9 Å². The third-order valence-electron chi connectivity index (χ3n) is 6.07. The van der Waals surface area contributed by atoms with Gasteiger partial charge < -0.3 is 10.0 Å². The van der Waals surface area contributed by atoms with Gasteiger partial charge in [-0.3, -0.25) is 9.38 Å². The van der Waals surface area contributed by atoms with Crippen LogP contribution >= 0.6 is 23.2 Å². The summed E-state index contributed by atoms with van der Waals surface area (Å²) in [5.74, 6) is -1.45. The molecule has 0 spiro atoms. The topological polar surface area (TPSA) is 107 Å². The van der Waals surface area contributed by atoms with Crippen LogP contribution in [0, 0.1) is 17.2 Å². The lowest BCUT2D eigenvalue weighted by Gasteiger charge is -2.34. The van der Waals surface area contributed by atoms with Gasteiger partial charge in [0.25, 0.3) is 0 Å². The van der Waals surface area contributed by atoms with E-state index in [1.165, 1.54) is 0 Å². The number of halogens is 5. The van der Waals surface area contributed by atoms with Crippen molar-refractivity contribution in [2.75, 3.05) is 18.0 Å².